The molecule has 2 aromatic carbocycles. The maximum Gasteiger partial charge on any atom is 0.274 e. The summed E-state index contributed by atoms with van der Waals surface area (Å²) in [6.07, 6.45) is 0. The molecule has 0 saturated heterocycles. The Bertz CT molecular complexity index is 843. The van der Waals surface area contributed by atoms with Crippen LogP contribution in [0.25, 0.3) is 0 Å². The lowest BCUT2D eigenvalue weighted by molar-refractivity contribution is 0.546. The Hall–Kier alpha value is -2.95. The van der Waals surface area contributed by atoms with Crippen LogP contribution in [0.4, 0.5) is 5.95 Å². The molecule has 1 heterocycles. The molecular weight excluding hydrogens is 312 g/mol. The van der Waals surface area contributed by atoms with Crippen molar-refractivity contribution in [1.82, 2.24) is 15.2 Å². The van der Waals surface area contributed by atoms with Gasteiger partial charge in [-0.1, -0.05) is 81.4 Å². The van der Waals surface area contributed by atoms with E-state index in [4.69, 9.17) is 0 Å². The summed E-state index contributed by atoms with van der Waals surface area (Å²) in [6, 6.07) is 19.9. The van der Waals surface area contributed by atoms with Crippen molar-refractivity contribution in [3.8, 4) is 0 Å². The second-order valence-corrected chi connectivity index (χ2v) is 7.00. The highest BCUT2D eigenvalue weighted by Crippen LogP contribution is 2.25. The lowest BCUT2D eigenvalue weighted by Crippen LogP contribution is -2.29. The Morgan fingerprint density at radius 2 is 1.40 bits per heavy atom. The van der Waals surface area contributed by atoms with Crippen LogP contribution in [-0.4, -0.2) is 15.2 Å². The smallest absolute Gasteiger partial charge is 0.274 e. The highest BCUT2D eigenvalue weighted by atomic mass is 16.1. The maximum absolute atomic E-state index is 12.3. The number of hydrogen-bond acceptors (Lipinski definition) is 4. The minimum Gasteiger partial charge on any atom is -0.344 e. The van der Waals surface area contributed by atoms with Crippen LogP contribution < -0.4 is 10.9 Å². The van der Waals surface area contributed by atoms with E-state index in [0.29, 0.717) is 11.6 Å². The fourth-order valence-corrected chi connectivity index (χ4v) is 2.68. The zero-order valence-electron chi connectivity index (χ0n) is 14.7. The van der Waals surface area contributed by atoms with Crippen LogP contribution >= 0.6 is 0 Å². The standard InChI is InChI=1S/C20H22N4O/c1-20(2,3)17-18(25)22-19(24-23-17)21-16(14-10-6-4-7-11-14)15-12-8-5-9-13-15/h4-13,16H,1-3H3,(H2,21,22,24,25). The van der Waals surface area contributed by atoms with E-state index in [-0.39, 0.29) is 17.0 Å². The maximum atomic E-state index is 12.3. The number of aromatic nitrogens is 3. The fraction of sp³-hybridized carbons (Fsp3) is 0.250. The predicted octanol–water partition coefficient (Wildman–Crippen LogP) is 3.66. The SMILES string of the molecule is CC(C)(C)c1nnc(NC(c2ccccc2)c2ccccc2)[nH]c1=O. The van der Waals surface area contributed by atoms with Crippen LogP contribution in [0, 0.1) is 0 Å². The zero-order chi connectivity index (χ0) is 17.9. The van der Waals surface area contributed by atoms with E-state index in [0.717, 1.165) is 11.1 Å². The zero-order valence-corrected chi connectivity index (χ0v) is 14.7. The van der Waals surface area contributed by atoms with Gasteiger partial charge in [0.15, 0.2) is 0 Å². The molecule has 3 rings (SSSR count). The molecule has 2 N–H and O–H groups in total. The van der Waals surface area contributed by atoms with Crippen LogP contribution in [0.2, 0.25) is 0 Å². The molecule has 0 unspecified atom stereocenters. The first kappa shape index (κ1) is 16.9. The lowest BCUT2D eigenvalue weighted by atomic mass is 9.93. The molecule has 0 aliphatic heterocycles. The third-order valence-electron chi connectivity index (χ3n) is 3.95. The van der Waals surface area contributed by atoms with Crippen molar-refractivity contribution in [2.45, 2.75) is 32.2 Å². The first-order valence-electron chi connectivity index (χ1n) is 8.29. The van der Waals surface area contributed by atoms with Gasteiger partial charge in [-0.2, -0.15) is 0 Å². The van der Waals surface area contributed by atoms with Crippen LogP contribution in [0.1, 0.15) is 43.6 Å². The van der Waals surface area contributed by atoms with Gasteiger partial charge in [0.2, 0.25) is 5.95 Å². The number of hydrogen-bond donors (Lipinski definition) is 2. The monoisotopic (exact) mass is 334 g/mol. The molecule has 25 heavy (non-hydrogen) atoms. The summed E-state index contributed by atoms with van der Waals surface area (Å²) in [6.45, 7) is 5.82. The summed E-state index contributed by atoms with van der Waals surface area (Å²) in [5, 5.41) is 11.6. The van der Waals surface area contributed by atoms with Gasteiger partial charge in [-0.25, -0.2) is 0 Å². The Morgan fingerprint density at radius 1 is 0.880 bits per heavy atom. The number of benzene rings is 2. The second-order valence-electron chi connectivity index (χ2n) is 7.00. The van der Waals surface area contributed by atoms with Crippen molar-refractivity contribution in [2.75, 3.05) is 5.32 Å². The summed E-state index contributed by atoms with van der Waals surface area (Å²) < 4.78 is 0. The van der Waals surface area contributed by atoms with Crippen LogP contribution in [0.5, 0.6) is 0 Å². The van der Waals surface area contributed by atoms with Crippen molar-refractivity contribution in [1.29, 1.82) is 0 Å². The highest BCUT2D eigenvalue weighted by molar-refractivity contribution is 5.40. The summed E-state index contributed by atoms with van der Waals surface area (Å²) in [5.74, 6) is 0.357. The van der Waals surface area contributed by atoms with Crippen LogP contribution in [0.3, 0.4) is 0 Å². The number of aromatic amines is 1. The summed E-state index contributed by atoms with van der Waals surface area (Å²) in [4.78, 5) is 15.2. The minimum atomic E-state index is -0.350. The molecule has 5 heteroatoms. The Morgan fingerprint density at radius 3 is 1.84 bits per heavy atom. The summed E-state index contributed by atoms with van der Waals surface area (Å²) in [7, 11) is 0. The normalized spacial score (nSPS) is 11.5. The Kier molecular flexibility index (Phi) is 4.65. The minimum absolute atomic E-state index is 0.132. The molecule has 0 spiro atoms. The molecule has 128 valence electrons. The number of H-pyrrole nitrogens is 1. The van der Waals surface area contributed by atoms with Gasteiger partial charge in [-0.3, -0.25) is 9.78 Å². The van der Waals surface area contributed by atoms with E-state index in [2.05, 4.69) is 20.5 Å². The predicted molar refractivity (Wildman–Crippen MR) is 99.7 cm³/mol. The Balaban J connectivity index is 1.97. The highest BCUT2D eigenvalue weighted by Gasteiger charge is 2.21. The number of nitrogens with one attached hydrogen (secondary N) is 2. The van der Waals surface area contributed by atoms with Gasteiger partial charge < -0.3 is 5.32 Å². The van der Waals surface area contributed by atoms with Crippen molar-refractivity contribution in [2.24, 2.45) is 0 Å². The average molecular weight is 334 g/mol. The molecular formula is C20H22N4O. The Labute approximate surface area is 147 Å². The average Bonchev–Trinajstić information content (AvgIpc) is 2.60. The van der Waals surface area contributed by atoms with Crippen molar-refractivity contribution < 1.29 is 0 Å². The molecule has 1 aromatic heterocycles. The van der Waals surface area contributed by atoms with E-state index in [1.165, 1.54) is 0 Å². The van der Waals surface area contributed by atoms with Gasteiger partial charge in [0, 0.05) is 5.41 Å². The van der Waals surface area contributed by atoms with E-state index in [9.17, 15) is 4.79 Å². The quantitative estimate of drug-likeness (QED) is 0.764. The van der Waals surface area contributed by atoms with E-state index in [1.54, 1.807) is 0 Å². The summed E-state index contributed by atoms with van der Waals surface area (Å²) >= 11 is 0. The molecule has 0 fully saturated rings. The summed E-state index contributed by atoms with van der Waals surface area (Å²) in [5.41, 5.74) is 2.02. The van der Waals surface area contributed by atoms with Gasteiger partial charge in [0.25, 0.3) is 5.56 Å². The first-order valence-corrected chi connectivity index (χ1v) is 8.29. The lowest BCUT2D eigenvalue weighted by Gasteiger charge is -2.21. The molecule has 0 bridgehead atoms. The molecule has 0 radical (unpaired) electrons. The second kappa shape index (κ2) is 6.89. The van der Waals surface area contributed by atoms with Gasteiger partial charge in [0.1, 0.15) is 5.69 Å². The molecule has 0 aliphatic rings. The molecule has 0 amide bonds. The van der Waals surface area contributed by atoms with E-state index in [1.807, 2.05) is 81.4 Å². The largest absolute Gasteiger partial charge is 0.344 e. The van der Waals surface area contributed by atoms with Crippen molar-refractivity contribution in [3.63, 3.8) is 0 Å². The van der Waals surface area contributed by atoms with E-state index < -0.39 is 0 Å². The number of rotatable bonds is 4. The number of nitrogens with zero attached hydrogens (tertiary/aromatic N) is 2. The fourth-order valence-electron chi connectivity index (χ4n) is 2.68. The van der Waals surface area contributed by atoms with Gasteiger partial charge >= 0.3 is 0 Å². The van der Waals surface area contributed by atoms with Crippen molar-refractivity contribution >= 4 is 5.95 Å². The van der Waals surface area contributed by atoms with Crippen molar-refractivity contribution in [3.05, 3.63) is 87.8 Å². The topological polar surface area (TPSA) is 70.7 Å². The van der Waals surface area contributed by atoms with Gasteiger partial charge in [-0.15, -0.1) is 10.2 Å². The van der Waals surface area contributed by atoms with Crippen LogP contribution in [-0.2, 0) is 5.41 Å². The molecule has 0 atom stereocenters. The molecule has 5 nitrogen and oxygen atoms in total. The van der Waals surface area contributed by atoms with Gasteiger partial charge in [-0.05, 0) is 11.1 Å². The molecule has 0 saturated carbocycles. The third-order valence-corrected chi connectivity index (χ3v) is 3.95. The van der Waals surface area contributed by atoms with Crippen LogP contribution in [0.15, 0.2) is 65.5 Å². The molecule has 3 aromatic rings. The van der Waals surface area contributed by atoms with Gasteiger partial charge in [0.05, 0.1) is 6.04 Å². The molecule has 0 aliphatic carbocycles. The van der Waals surface area contributed by atoms with E-state index >= 15 is 0 Å². The number of anilines is 1. The third kappa shape index (κ3) is 3.94. The first-order chi connectivity index (χ1) is 11.9.